The van der Waals surface area contributed by atoms with E-state index in [0.717, 1.165) is 31.2 Å². The topological polar surface area (TPSA) is 42.7 Å². The van der Waals surface area contributed by atoms with Crippen LogP contribution in [-0.4, -0.2) is 27.9 Å². The molecule has 4 heteroatoms. The summed E-state index contributed by atoms with van der Waals surface area (Å²) in [4.78, 5) is 4.44. The van der Waals surface area contributed by atoms with Crippen molar-refractivity contribution in [2.24, 2.45) is 0 Å². The molecule has 0 aromatic carbocycles. The van der Waals surface area contributed by atoms with Crippen molar-refractivity contribution >= 4 is 0 Å². The Hall–Kier alpha value is -0.900. The first-order chi connectivity index (χ1) is 6.81. The SMILES string of the molecule is CCc1nc(C)n(C2CCNCC2)n1. The largest absolute Gasteiger partial charge is 0.317 e. The van der Waals surface area contributed by atoms with Crippen LogP contribution in [-0.2, 0) is 6.42 Å². The van der Waals surface area contributed by atoms with Crippen LogP contribution in [0.4, 0.5) is 0 Å². The Bertz CT molecular complexity index is 299. The van der Waals surface area contributed by atoms with Crippen LogP contribution < -0.4 is 5.32 Å². The normalized spacial score (nSPS) is 18.7. The van der Waals surface area contributed by atoms with E-state index in [-0.39, 0.29) is 0 Å². The minimum atomic E-state index is 0.559. The predicted octanol–water partition coefficient (Wildman–Crippen LogP) is 1.07. The molecule has 1 aliphatic rings. The molecule has 0 bridgehead atoms. The highest BCUT2D eigenvalue weighted by atomic mass is 15.4. The fourth-order valence-corrected chi connectivity index (χ4v) is 2.00. The molecule has 1 N–H and O–H groups in total. The van der Waals surface area contributed by atoms with Crippen molar-refractivity contribution in [1.82, 2.24) is 20.1 Å². The summed E-state index contributed by atoms with van der Waals surface area (Å²) in [6, 6.07) is 0.559. The molecule has 1 fully saturated rings. The van der Waals surface area contributed by atoms with E-state index in [1.54, 1.807) is 0 Å². The number of hydrogen-bond acceptors (Lipinski definition) is 3. The molecule has 0 amide bonds. The highest BCUT2D eigenvalue weighted by Crippen LogP contribution is 2.18. The summed E-state index contributed by atoms with van der Waals surface area (Å²) < 4.78 is 2.11. The molecule has 2 rings (SSSR count). The van der Waals surface area contributed by atoms with Crippen LogP contribution in [0.3, 0.4) is 0 Å². The van der Waals surface area contributed by atoms with Gasteiger partial charge in [0.15, 0.2) is 5.82 Å². The third kappa shape index (κ3) is 1.80. The van der Waals surface area contributed by atoms with E-state index in [4.69, 9.17) is 0 Å². The highest BCUT2D eigenvalue weighted by Gasteiger charge is 2.18. The molecule has 0 radical (unpaired) electrons. The van der Waals surface area contributed by atoms with Gasteiger partial charge in [-0.1, -0.05) is 6.92 Å². The van der Waals surface area contributed by atoms with Crippen LogP contribution >= 0.6 is 0 Å². The van der Waals surface area contributed by atoms with Gasteiger partial charge in [-0.2, -0.15) is 5.10 Å². The van der Waals surface area contributed by atoms with Gasteiger partial charge in [-0.3, -0.25) is 0 Å². The first-order valence-electron chi connectivity index (χ1n) is 5.44. The lowest BCUT2D eigenvalue weighted by Gasteiger charge is -2.23. The molecule has 0 unspecified atom stereocenters. The zero-order valence-corrected chi connectivity index (χ0v) is 8.95. The van der Waals surface area contributed by atoms with Gasteiger partial charge in [-0.05, 0) is 32.9 Å². The molecule has 2 heterocycles. The molecular weight excluding hydrogens is 176 g/mol. The standard InChI is InChI=1S/C10H18N4/c1-3-10-12-8(2)14(13-10)9-4-6-11-7-5-9/h9,11H,3-7H2,1-2H3. The lowest BCUT2D eigenvalue weighted by Crippen LogP contribution is -2.30. The van der Waals surface area contributed by atoms with Crippen molar-refractivity contribution in [2.45, 2.75) is 39.2 Å². The summed E-state index contributed by atoms with van der Waals surface area (Å²) in [5.74, 6) is 2.04. The summed E-state index contributed by atoms with van der Waals surface area (Å²) >= 11 is 0. The maximum atomic E-state index is 4.53. The monoisotopic (exact) mass is 194 g/mol. The number of aromatic nitrogens is 3. The molecule has 0 atom stereocenters. The van der Waals surface area contributed by atoms with Gasteiger partial charge >= 0.3 is 0 Å². The van der Waals surface area contributed by atoms with E-state index in [1.165, 1.54) is 12.8 Å². The summed E-state index contributed by atoms with van der Waals surface area (Å²) in [6.45, 7) is 6.35. The average molecular weight is 194 g/mol. The van der Waals surface area contributed by atoms with Crippen molar-refractivity contribution in [1.29, 1.82) is 0 Å². The molecule has 0 aliphatic carbocycles. The number of hydrogen-bond donors (Lipinski definition) is 1. The molecule has 1 aliphatic heterocycles. The van der Waals surface area contributed by atoms with Gasteiger partial charge in [0.2, 0.25) is 0 Å². The maximum Gasteiger partial charge on any atom is 0.150 e. The van der Waals surface area contributed by atoms with E-state index in [1.807, 2.05) is 6.92 Å². The van der Waals surface area contributed by atoms with Crippen LogP contribution in [0.25, 0.3) is 0 Å². The van der Waals surface area contributed by atoms with E-state index in [2.05, 4.69) is 27.0 Å². The van der Waals surface area contributed by atoms with Gasteiger partial charge in [0.25, 0.3) is 0 Å². The van der Waals surface area contributed by atoms with Gasteiger partial charge in [-0.15, -0.1) is 0 Å². The van der Waals surface area contributed by atoms with E-state index in [9.17, 15) is 0 Å². The van der Waals surface area contributed by atoms with Gasteiger partial charge in [0.05, 0.1) is 6.04 Å². The third-order valence-corrected chi connectivity index (χ3v) is 2.82. The second kappa shape index (κ2) is 4.09. The molecule has 1 aromatic rings. The predicted molar refractivity (Wildman–Crippen MR) is 55.3 cm³/mol. The second-order valence-corrected chi connectivity index (χ2v) is 3.85. The molecule has 1 aromatic heterocycles. The summed E-state index contributed by atoms with van der Waals surface area (Å²) in [5, 5.41) is 7.89. The molecule has 0 saturated carbocycles. The summed E-state index contributed by atoms with van der Waals surface area (Å²) in [6.07, 6.45) is 3.28. The van der Waals surface area contributed by atoms with Crippen molar-refractivity contribution in [3.8, 4) is 0 Å². The quantitative estimate of drug-likeness (QED) is 0.766. The zero-order valence-electron chi connectivity index (χ0n) is 8.95. The highest BCUT2D eigenvalue weighted by molar-refractivity contribution is 4.93. The fourth-order valence-electron chi connectivity index (χ4n) is 2.00. The minimum absolute atomic E-state index is 0.559. The Morgan fingerprint density at radius 2 is 2.14 bits per heavy atom. The van der Waals surface area contributed by atoms with Crippen LogP contribution in [0, 0.1) is 6.92 Å². The Labute approximate surface area is 84.7 Å². The number of nitrogens with one attached hydrogen (secondary N) is 1. The zero-order chi connectivity index (χ0) is 9.97. The Morgan fingerprint density at radius 1 is 1.43 bits per heavy atom. The average Bonchev–Trinajstić information content (AvgIpc) is 2.61. The lowest BCUT2D eigenvalue weighted by atomic mass is 10.1. The van der Waals surface area contributed by atoms with Crippen LogP contribution in [0.1, 0.15) is 37.5 Å². The molecule has 4 nitrogen and oxygen atoms in total. The smallest absolute Gasteiger partial charge is 0.150 e. The summed E-state index contributed by atoms with van der Waals surface area (Å²) in [7, 11) is 0. The number of piperidine rings is 1. The number of rotatable bonds is 2. The molecule has 78 valence electrons. The molecule has 1 saturated heterocycles. The first-order valence-corrected chi connectivity index (χ1v) is 5.44. The van der Waals surface area contributed by atoms with E-state index in [0.29, 0.717) is 6.04 Å². The van der Waals surface area contributed by atoms with Gasteiger partial charge in [0, 0.05) is 6.42 Å². The van der Waals surface area contributed by atoms with Crippen LogP contribution in [0.5, 0.6) is 0 Å². The fraction of sp³-hybridized carbons (Fsp3) is 0.800. The minimum Gasteiger partial charge on any atom is -0.317 e. The second-order valence-electron chi connectivity index (χ2n) is 3.85. The van der Waals surface area contributed by atoms with Crippen molar-refractivity contribution < 1.29 is 0 Å². The van der Waals surface area contributed by atoms with Crippen LogP contribution in [0.15, 0.2) is 0 Å². The molecule has 14 heavy (non-hydrogen) atoms. The third-order valence-electron chi connectivity index (χ3n) is 2.82. The number of aryl methyl sites for hydroxylation is 2. The van der Waals surface area contributed by atoms with E-state index < -0.39 is 0 Å². The lowest BCUT2D eigenvalue weighted by molar-refractivity contribution is 0.336. The Kier molecular flexibility index (Phi) is 2.82. The van der Waals surface area contributed by atoms with Gasteiger partial charge in [0.1, 0.15) is 5.82 Å². The van der Waals surface area contributed by atoms with E-state index >= 15 is 0 Å². The maximum absolute atomic E-state index is 4.53. The number of nitrogens with zero attached hydrogens (tertiary/aromatic N) is 3. The van der Waals surface area contributed by atoms with Crippen molar-refractivity contribution in [2.75, 3.05) is 13.1 Å². The first kappa shape index (κ1) is 9.65. The van der Waals surface area contributed by atoms with Crippen molar-refractivity contribution in [3.05, 3.63) is 11.6 Å². The van der Waals surface area contributed by atoms with Crippen molar-refractivity contribution in [3.63, 3.8) is 0 Å². The summed E-state index contributed by atoms with van der Waals surface area (Å²) in [5.41, 5.74) is 0. The Morgan fingerprint density at radius 3 is 2.71 bits per heavy atom. The van der Waals surface area contributed by atoms with Gasteiger partial charge < -0.3 is 5.32 Å². The molecular formula is C10H18N4. The van der Waals surface area contributed by atoms with Gasteiger partial charge in [-0.25, -0.2) is 9.67 Å². The molecule has 0 spiro atoms. The Balaban J connectivity index is 2.17. The van der Waals surface area contributed by atoms with Crippen LogP contribution in [0.2, 0.25) is 0 Å².